The molecule has 4 nitrogen and oxygen atoms in total. The van der Waals surface area contributed by atoms with Gasteiger partial charge in [0.15, 0.2) is 23.1 Å². The number of phosphoric ester groups is 1. The lowest BCUT2D eigenvalue weighted by Gasteiger charge is -2.14. The van der Waals surface area contributed by atoms with E-state index in [1.165, 1.54) is 0 Å². The topological polar surface area (TPSA) is 55.8 Å². The van der Waals surface area contributed by atoms with E-state index in [-0.39, 0.29) is 0 Å². The van der Waals surface area contributed by atoms with Crippen LogP contribution in [-0.2, 0) is 4.57 Å². The van der Waals surface area contributed by atoms with Crippen molar-refractivity contribution in [2.75, 3.05) is 0 Å². The molecule has 2 rings (SSSR count). The number of hydrogen-bond donors (Lipinski definition) is 1. The van der Waals surface area contributed by atoms with E-state index in [1.54, 1.807) is 0 Å². The molecule has 0 heterocycles. The Kier molecular flexibility index (Phi) is 4.20. The molecule has 0 amide bonds. The zero-order valence-corrected chi connectivity index (χ0v) is 11.0. The van der Waals surface area contributed by atoms with Gasteiger partial charge in [-0.05, 0) is 24.3 Å². The summed E-state index contributed by atoms with van der Waals surface area (Å²) in [7, 11) is -5.04. The summed E-state index contributed by atoms with van der Waals surface area (Å²) in [5.74, 6) is -7.48. The third-order valence-electron chi connectivity index (χ3n) is 2.26. The molecule has 0 radical (unpaired) electrons. The number of benzene rings is 2. The normalized spacial score (nSPS) is 11.3. The summed E-state index contributed by atoms with van der Waals surface area (Å²) in [5, 5.41) is 0. The maximum atomic E-state index is 13.3. The highest BCUT2D eigenvalue weighted by molar-refractivity contribution is 7.48. The Bertz CT molecular complexity index is 665. The van der Waals surface area contributed by atoms with E-state index in [0.717, 1.165) is 36.4 Å². The van der Waals surface area contributed by atoms with E-state index in [2.05, 4.69) is 9.05 Å². The largest absolute Gasteiger partial charge is 0.585 e. The first-order valence-electron chi connectivity index (χ1n) is 5.40. The molecule has 0 fully saturated rings. The van der Waals surface area contributed by atoms with Gasteiger partial charge in [0.2, 0.25) is 11.6 Å². The van der Waals surface area contributed by atoms with Gasteiger partial charge in [-0.15, -0.1) is 0 Å². The molecule has 0 aromatic heterocycles. The standard InChI is InChI=1S/C12H7F4O4P/c13-7-3-1-5-9(11(7)15)19-21(17,18)20-10-6-2-4-8(14)12(10)16/h1-6H,(H,17,18). The van der Waals surface area contributed by atoms with Crippen LogP contribution >= 0.6 is 7.82 Å². The fourth-order valence-corrected chi connectivity index (χ4v) is 2.19. The lowest BCUT2D eigenvalue weighted by molar-refractivity contribution is 0.277. The number of halogens is 4. The molecule has 0 saturated heterocycles. The summed E-state index contributed by atoms with van der Waals surface area (Å²) < 4.78 is 72.6. The van der Waals surface area contributed by atoms with Crippen LogP contribution in [0, 0.1) is 23.3 Å². The van der Waals surface area contributed by atoms with Crippen molar-refractivity contribution in [3.05, 3.63) is 59.7 Å². The van der Waals surface area contributed by atoms with Crippen molar-refractivity contribution < 1.29 is 36.1 Å². The monoisotopic (exact) mass is 322 g/mol. The summed E-state index contributed by atoms with van der Waals surface area (Å²) in [6, 6.07) is 5.31. The molecule has 0 atom stereocenters. The second-order valence-corrected chi connectivity index (χ2v) is 5.06. The van der Waals surface area contributed by atoms with Crippen LogP contribution < -0.4 is 9.05 Å². The molecule has 0 unspecified atom stereocenters. The first-order valence-corrected chi connectivity index (χ1v) is 6.90. The molecule has 0 saturated carbocycles. The molecule has 9 heteroatoms. The Morgan fingerprint density at radius 3 is 1.57 bits per heavy atom. The van der Waals surface area contributed by atoms with E-state index in [4.69, 9.17) is 0 Å². The molecule has 0 spiro atoms. The van der Waals surface area contributed by atoms with Gasteiger partial charge in [-0.2, -0.15) is 8.78 Å². The van der Waals surface area contributed by atoms with Gasteiger partial charge < -0.3 is 9.05 Å². The maximum absolute atomic E-state index is 13.3. The highest BCUT2D eigenvalue weighted by Crippen LogP contribution is 2.45. The number of hydrogen-bond acceptors (Lipinski definition) is 3. The molecule has 0 aliphatic carbocycles. The minimum atomic E-state index is -5.04. The van der Waals surface area contributed by atoms with Crippen LogP contribution in [0.4, 0.5) is 17.6 Å². The minimum Gasteiger partial charge on any atom is -0.392 e. The van der Waals surface area contributed by atoms with Crippen LogP contribution in [0.3, 0.4) is 0 Å². The van der Waals surface area contributed by atoms with Crippen LogP contribution in [-0.4, -0.2) is 4.89 Å². The van der Waals surface area contributed by atoms with Gasteiger partial charge in [-0.1, -0.05) is 12.1 Å². The molecule has 0 bridgehead atoms. The minimum absolute atomic E-state index is 0.762. The Morgan fingerprint density at radius 2 is 1.19 bits per heavy atom. The van der Waals surface area contributed by atoms with Crippen LogP contribution in [0.15, 0.2) is 36.4 Å². The van der Waals surface area contributed by atoms with Crippen molar-refractivity contribution >= 4 is 7.82 Å². The van der Waals surface area contributed by atoms with Gasteiger partial charge in [0.25, 0.3) is 0 Å². The van der Waals surface area contributed by atoms with Crippen molar-refractivity contribution in [2.45, 2.75) is 0 Å². The zero-order valence-electron chi connectivity index (χ0n) is 10.1. The quantitative estimate of drug-likeness (QED) is 0.687. The molecule has 21 heavy (non-hydrogen) atoms. The van der Waals surface area contributed by atoms with Gasteiger partial charge in [0.1, 0.15) is 0 Å². The third-order valence-corrected chi connectivity index (χ3v) is 3.11. The molecule has 0 aliphatic rings. The van der Waals surface area contributed by atoms with Gasteiger partial charge in [-0.25, -0.2) is 13.3 Å². The second-order valence-electron chi connectivity index (χ2n) is 3.76. The smallest absolute Gasteiger partial charge is 0.392 e. The van der Waals surface area contributed by atoms with Crippen LogP contribution in [0.1, 0.15) is 0 Å². The Balaban J connectivity index is 2.25. The van der Waals surface area contributed by atoms with Crippen LogP contribution in [0.5, 0.6) is 11.5 Å². The van der Waals surface area contributed by atoms with Crippen molar-refractivity contribution in [1.29, 1.82) is 0 Å². The summed E-state index contributed by atoms with van der Waals surface area (Å²) in [6.45, 7) is 0. The van der Waals surface area contributed by atoms with Crippen molar-refractivity contribution in [2.24, 2.45) is 0 Å². The third kappa shape index (κ3) is 3.53. The van der Waals surface area contributed by atoms with E-state index >= 15 is 0 Å². The Labute approximate surface area is 116 Å². The summed E-state index contributed by atoms with van der Waals surface area (Å²) in [5.41, 5.74) is 0. The average Bonchev–Trinajstić information content (AvgIpc) is 2.40. The predicted octanol–water partition coefficient (Wildman–Crippen LogP) is 3.80. The van der Waals surface area contributed by atoms with Gasteiger partial charge in [-0.3, -0.25) is 4.89 Å². The van der Waals surface area contributed by atoms with Crippen molar-refractivity contribution in [3.8, 4) is 11.5 Å². The molecule has 1 N–H and O–H groups in total. The highest BCUT2D eigenvalue weighted by atomic mass is 31.2. The van der Waals surface area contributed by atoms with Gasteiger partial charge >= 0.3 is 7.82 Å². The molecule has 2 aromatic rings. The SMILES string of the molecule is O=P(O)(Oc1cccc(F)c1F)Oc1cccc(F)c1F. The second kappa shape index (κ2) is 5.75. The van der Waals surface area contributed by atoms with E-state index in [9.17, 15) is 27.0 Å². The lowest BCUT2D eigenvalue weighted by Crippen LogP contribution is -2.03. The predicted molar refractivity (Wildman–Crippen MR) is 63.8 cm³/mol. The Morgan fingerprint density at radius 1 is 0.810 bits per heavy atom. The van der Waals surface area contributed by atoms with Crippen molar-refractivity contribution in [3.63, 3.8) is 0 Å². The molecule has 112 valence electrons. The summed E-state index contributed by atoms with van der Waals surface area (Å²) in [4.78, 5) is 9.38. The van der Waals surface area contributed by atoms with Gasteiger partial charge in [0, 0.05) is 0 Å². The molecular formula is C12H7F4O4P. The molecule has 2 aromatic carbocycles. The lowest BCUT2D eigenvalue weighted by atomic mass is 10.3. The summed E-state index contributed by atoms with van der Waals surface area (Å²) >= 11 is 0. The van der Waals surface area contributed by atoms with E-state index < -0.39 is 42.6 Å². The fourth-order valence-electron chi connectivity index (χ4n) is 1.38. The molecule has 0 aliphatic heterocycles. The van der Waals surface area contributed by atoms with E-state index in [1.807, 2.05) is 0 Å². The first kappa shape index (κ1) is 15.3. The molecular weight excluding hydrogens is 315 g/mol. The maximum Gasteiger partial charge on any atom is 0.585 e. The van der Waals surface area contributed by atoms with Gasteiger partial charge in [0.05, 0.1) is 0 Å². The van der Waals surface area contributed by atoms with Crippen molar-refractivity contribution in [1.82, 2.24) is 0 Å². The van der Waals surface area contributed by atoms with Crippen LogP contribution in [0.25, 0.3) is 0 Å². The van der Waals surface area contributed by atoms with Crippen LogP contribution in [0.2, 0.25) is 0 Å². The highest BCUT2D eigenvalue weighted by Gasteiger charge is 2.29. The Hall–Kier alpha value is -2.05. The zero-order chi connectivity index (χ0) is 15.6. The number of phosphoric acid groups is 1. The first-order chi connectivity index (χ1) is 9.80. The van der Waals surface area contributed by atoms with E-state index in [0.29, 0.717) is 0 Å². The summed E-state index contributed by atoms with van der Waals surface area (Å²) in [6.07, 6.45) is 0. The fraction of sp³-hybridized carbons (Fsp3) is 0. The number of rotatable bonds is 4. The average molecular weight is 322 g/mol.